The van der Waals surface area contributed by atoms with Gasteiger partial charge in [-0.15, -0.1) is 12.4 Å². The van der Waals surface area contributed by atoms with E-state index in [0.29, 0.717) is 16.8 Å². The number of rotatable bonds is 5. The van der Waals surface area contributed by atoms with Crippen LogP contribution in [0.15, 0.2) is 24.3 Å². The zero-order valence-electron chi connectivity index (χ0n) is 22.1. The molecule has 1 amide bonds. The predicted octanol–water partition coefficient (Wildman–Crippen LogP) is 3.39. The first-order valence-corrected chi connectivity index (χ1v) is 11.5. The van der Waals surface area contributed by atoms with Gasteiger partial charge in [0.1, 0.15) is 16.0 Å². The molecular weight excluding hydrogens is 549 g/mol. The molecule has 2 aromatic heterocycles. The average molecular weight is 585 g/mol. The highest BCUT2D eigenvalue weighted by molar-refractivity contribution is 6.29. The summed E-state index contributed by atoms with van der Waals surface area (Å²) in [5.74, 6) is -0.0944. The fourth-order valence-corrected chi connectivity index (χ4v) is 2.86. The van der Waals surface area contributed by atoms with Gasteiger partial charge in [-0.2, -0.15) is 0 Å². The topological polar surface area (TPSA) is 115 Å². The van der Waals surface area contributed by atoms with Gasteiger partial charge in [0.05, 0.1) is 27.4 Å². The molecule has 3 heterocycles. The molecule has 1 N–H and O–H groups in total. The standard InChI is InChI=1S/C9H11ClN2O2.C7H6ClNO2.C5H11NO.C2H7NO.ClH/c1-6-4-7(11-8(10)5-6)9(13)12(2)14-3;1-5-2-6(8)9-7(3-5)11-4-10;1-6-2-4-7-5-3-6;1-3-4-2;/h4-5H,1-3H3;2-4H,1H3;2-5H2,1H3;3H,1-2H3;1H. The number of likely N-dealkylation sites (N-methyl/N-ethyl adjacent to an activating group) is 1. The van der Waals surface area contributed by atoms with Gasteiger partial charge in [-0.3, -0.25) is 14.4 Å². The van der Waals surface area contributed by atoms with E-state index < -0.39 is 0 Å². The van der Waals surface area contributed by atoms with Crippen LogP contribution in [0.1, 0.15) is 21.6 Å². The number of nitrogens with one attached hydrogen (secondary N) is 1. The molecule has 2 aromatic rings. The van der Waals surface area contributed by atoms with Gasteiger partial charge in [0, 0.05) is 33.3 Å². The second kappa shape index (κ2) is 21.9. The zero-order valence-corrected chi connectivity index (χ0v) is 24.4. The van der Waals surface area contributed by atoms with Gasteiger partial charge in [-0.05, 0) is 50.2 Å². The highest BCUT2D eigenvalue weighted by Crippen LogP contribution is 2.14. The van der Waals surface area contributed by atoms with Crippen LogP contribution in [-0.4, -0.2) is 94.0 Å². The number of amides is 1. The summed E-state index contributed by atoms with van der Waals surface area (Å²) in [6.07, 6.45) is 0. The molecule has 0 unspecified atom stereocenters. The third-order valence-corrected chi connectivity index (χ3v) is 4.63. The molecule has 1 aliphatic heterocycles. The molecule has 11 nitrogen and oxygen atoms in total. The molecule has 0 spiro atoms. The Labute approximate surface area is 234 Å². The number of carbonyl (C=O) groups is 2. The van der Waals surface area contributed by atoms with Gasteiger partial charge >= 0.3 is 0 Å². The SMILES string of the molecule is CN1CCOCC1.CNOC.CON(C)C(=O)c1cc(C)cc(Cl)n1.Cc1cc(Cl)nc(OC=O)c1.Cl. The van der Waals surface area contributed by atoms with Crippen LogP contribution in [0.4, 0.5) is 0 Å². The minimum atomic E-state index is -0.321. The van der Waals surface area contributed by atoms with E-state index >= 15 is 0 Å². The first-order chi connectivity index (χ1) is 17.1. The minimum absolute atomic E-state index is 0. The van der Waals surface area contributed by atoms with Crippen molar-refractivity contribution in [3.05, 3.63) is 51.4 Å². The van der Waals surface area contributed by atoms with E-state index in [2.05, 4.69) is 37.0 Å². The number of halogens is 3. The maximum Gasteiger partial charge on any atom is 0.299 e. The number of aromatic nitrogens is 2. The lowest BCUT2D eigenvalue weighted by Crippen LogP contribution is -2.32. The maximum atomic E-state index is 11.6. The van der Waals surface area contributed by atoms with E-state index in [1.165, 1.54) is 14.2 Å². The second-order valence-corrected chi connectivity index (χ2v) is 7.96. The van der Waals surface area contributed by atoms with E-state index in [9.17, 15) is 9.59 Å². The van der Waals surface area contributed by atoms with E-state index in [1.807, 2.05) is 13.8 Å². The zero-order chi connectivity index (χ0) is 27.5. The van der Waals surface area contributed by atoms with Crippen molar-refractivity contribution >= 4 is 48.0 Å². The number of carbonyl (C=O) groups excluding carboxylic acids is 2. The summed E-state index contributed by atoms with van der Waals surface area (Å²) >= 11 is 11.3. The molecule has 0 atom stereocenters. The quantitative estimate of drug-likeness (QED) is 0.318. The first-order valence-electron chi connectivity index (χ1n) is 10.7. The Morgan fingerprint density at radius 2 is 1.59 bits per heavy atom. The fourth-order valence-electron chi connectivity index (χ4n) is 2.34. The fraction of sp³-hybridized carbons (Fsp3) is 0.478. The summed E-state index contributed by atoms with van der Waals surface area (Å²) in [6.45, 7) is 8.02. The molecule has 1 aliphatic rings. The number of nitrogens with zero attached hydrogens (tertiary/aromatic N) is 4. The largest absolute Gasteiger partial charge is 0.410 e. The summed E-state index contributed by atoms with van der Waals surface area (Å²) in [5.41, 5.74) is 4.50. The van der Waals surface area contributed by atoms with Crippen molar-refractivity contribution < 1.29 is 28.7 Å². The van der Waals surface area contributed by atoms with Crippen molar-refractivity contribution in [2.75, 3.05) is 61.7 Å². The number of morpholine rings is 1. The third-order valence-electron chi connectivity index (χ3n) is 4.24. The number of hydrogen-bond donors (Lipinski definition) is 1. The molecule has 14 heteroatoms. The van der Waals surface area contributed by atoms with Crippen LogP contribution in [0.25, 0.3) is 0 Å². The van der Waals surface area contributed by atoms with E-state index in [1.54, 1.807) is 38.4 Å². The molecule has 37 heavy (non-hydrogen) atoms. The van der Waals surface area contributed by atoms with Crippen molar-refractivity contribution in [3.63, 3.8) is 0 Å². The van der Waals surface area contributed by atoms with Gasteiger partial charge in [-0.1, -0.05) is 23.2 Å². The Hall–Kier alpha value is -2.09. The Morgan fingerprint density at radius 1 is 1.08 bits per heavy atom. The van der Waals surface area contributed by atoms with Crippen LogP contribution in [0.5, 0.6) is 5.88 Å². The number of hydroxylamine groups is 3. The molecule has 0 bridgehead atoms. The normalized spacial score (nSPS) is 12.1. The Balaban J connectivity index is 0. The van der Waals surface area contributed by atoms with Crippen molar-refractivity contribution in [3.8, 4) is 5.88 Å². The van der Waals surface area contributed by atoms with Crippen LogP contribution in [0.3, 0.4) is 0 Å². The monoisotopic (exact) mass is 583 g/mol. The van der Waals surface area contributed by atoms with Crippen LogP contribution >= 0.6 is 35.6 Å². The van der Waals surface area contributed by atoms with E-state index in [4.69, 9.17) is 32.8 Å². The summed E-state index contributed by atoms with van der Waals surface area (Å²) in [5, 5.41) is 1.72. The van der Waals surface area contributed by atoms with Crippen LogP contribution in [0, 0.1) is 13.8 Å². The predicted molar refractivity (Wildman–Crippen MR) is 145 cm³/mol. The molecule has 3 rings (SSSR count). The summed E-state index contributed by atoms with van der Waals surface area (Å²) in [6, 6.07) is 6.65. The number of pyridine rings is 2. The molecular formula is C23H36Cl3N5O6. The lowest BCUT2D eigenvalue weighted by atomic mass is 10.2. The summed E-state index contributed by atoms with van der Waals surface area (Å²) < 4.78 is 9.59. The van der Waals surface area contributed by atoms with Gasteiger partial charge in [0.25, 0.3) is 12.4 Å². The molecule has 1 fully saturated rings. The van der Waals surface area contributed by atoms with Gasteiger partial charge in [0.2, 0.25) is 5.88 Å². The van der Waals surface area contributed by atoms with Gasteiger partial charge < -0.3 is 19.2 Å². The molecule has 0 radical (unpaired) electrons. The van der Waals surface area contributed by atoms with Crippen LogP contribution < -0.4 is 10.2 Å². The van der Waals surface area contributed by atoms with Crippen molar-refractivity contribution in [2.24, 2.45) is 0 Å². The molecule has 210 valence electrons. The third kappa shape index (κ3) is 17.9. The lowest BCUT2D eigenvalue weighted by molar-refractivity contribution is -0.120. The average Bonchev–Trinajstić information content (AvgIpc) is 2.83. The Bertz CT molecular complexity index is 878. The molecule has 0 aliphatic carbocycles. The Kier molecular flexibility index (Phi) is 22.0. The highest BCUT2D eigenvalue weighted by atomic mass is 35.5. The van der Waals surface area contributed by atoms with Crippen molar-refractivity contribution in [1.82, 2.24) is 25.4 Å². The highest BCUT2D eigenvalue weighted by Gasteiger charge is 2.13. The smallest absolute Gasteiger partial charge is 0.299 e. The van der Waals surface area contributed by atoms with Crippen molar-refractivity contribution in [2.45, 2.75) is 13.8 Å². The molecule has 1 saturated heterocycles. The van der Waals surface area contributed by atoms with E-state index in [0.717, 1.165) is 42.5 Å². The van der Waals surface area contributed by atoms with Gasteiger partial charge in [0.15, 0.2) is 0 Å². The Morgan fingerprint density at radius 3 is 1.97 bits per heavy atom. The minimum Gasteiger partial charge on any atom is -0.410 e. The van der Waals surface area contributed by atoms with E-state index in [-0.39, 0.29) is 29.9 Å². The van der Waals surface area contributed by atoms with Crippen molar-refractivity contribution in [1.29, 1.82) is 0 Å². The summed E-state index contributed by atoms with van der Waals surface area (Å²) in [4.78, 5) is 40.4. The van der Waals surface area contributed by atoms with Crippen LogP contribution in [0.2, 0.25) is 10.3 Å². The summed E-state index contributed by atoms with van der Waals surface area (Å²) in [7, 11) is 8.32. The number of ether oxygens (including phenoxy) is 2. The maximum absolute atomic E-state index is 11.6. The molecule has 0 saturated carbocycles. The first kappa shape index (κ1) is 37.1. The number of hydrogen-bond acceptors (Lipinski definition) is 10. The molecule has 0 aromatic carbocycles. The number of aryl methyl sites for hydroxylation is 2. The van der Waals surface area contributed by atoms with Crippen LogP contribution in [-0.2, 0) is 19.2 Å². The second-order valence-electron chi connectivity index (χ2n) is 7.18. The lowest BCUT2D eigenvalue weighted by Gasteiger charge is -2.21. The van der Waals surface area contributed by atoms with Gasteiger partial charge in [-0.25, -0.2) is 20.5 Å².